The number of carbonyl (C=O) groups is 2. The number of aromatic nitrogens is 1. The fraction of sp³-hybridized carbons (Fsp3) is 0.278. The average Bonchev–Trinajstić information content (AvgIpc) is 2.96. The monoisotopic (exact) mass is 376 g/mol. The molecule has 1 atom stereocenters. The first-order valence-electron chi connectivity index (χ1n) is 8.35. The van der Waals surface area contributed by atoms with E-state index >= 15 is 0 Å². The van der Waals surface area contributed by atoms with E-state index in [1.807, 2.05) is 24.3 Å². The Morgan fingerprint density at radius 1 is 1.22 bits per heavy atom. The van der Waals surface area contributed by atoms with Crippen LogP contribution in [0.3, 0.4) is 0 Å². The van der Waals surface area contributed by atoms with Gasteiger partial charge in [-0.2, -0.15) is 4.98 Å². The molecule has 2 heterocycles. The first-order valence-corrected chi connectivity index (χ1v) is 8.35. The summed E-state index contributed by atoms with van der Waals surface area (Å²) in [7, 11) is 0. The van der Waals surface area contributed by atoms with Crippen molar-refractivity contribution in [1.29, 1.82) is 0 Å². The number of nitrogens with one attached hydrogen (secondary N) is 3. The third-order valence-corrected chi connectivity index (χ3v) is 3.95. The second-order valence-corrected chi connectivity index (χ2v) is 5.86. The summed E-state index contributed by atoms with van der Waals surface area (Å²) < 4.78 is 29.1. The van der Waals surface area contributed by atoms with E-state index in [9.17, 15) is 18.4 Å². The van der Waals surface area contributed by atoms with Gasteiger partial charge in [0.2, 0.25) is 11.8 Å². The number of urea groups is 1. The maximum absolute atomic E-state index is 12.2. The van der Waals surface area contributed by atoms with Crippen LogP contribution < -0.4 is 20.7 Å². The Morgan fingerprint density at radius 2 is 2.04 bits per heavy atom. The fourth-order valence-electron chi connectivity index (χ4n) is 2.77. The Bertz CT molecular complexity index is 832. The van der Waals surface area contributed by atoms with Gasteiger partial charge in [0, 0.05) is 18.3 Å². The van der Waals surface area contributed by atoms with Crippen LogP contribution in [0.25, 0.3) is 0 Å². The summed E-state index contributed by atoms with van der Waals surface area (Å²) >= 11 is 0. The van der Waals surface area contributed by atoms with E-state index in [2.05, 4.69) is 20.9 Å². The number of para-hydroxylation sites is 1. The standard InChI is InChI=1S/C18H18F2N4O3/c19-14(20)10-27-16-7-3-6-15(23-16)24-18(26)21-9-8-12-11-4-1-2-5-13(11)22-17(12)25/h1-7,12,14H,8-10H2,(H,22,25)(H2,21,23,24,26). The van der Waals surface area contributed by atoms with Crippen LogP contribution >= 0.6 is 0 Å². The molecule has 3 N–H and O–H groups in total. The predicted molar refractivity (Wildman–Crippen MR) is 95.2 cm³/mol. The van der Waals surface area contributed by atoms with Crippen molar-refractivity contribution < 1.29 is 23.1 Å². The number of ether oxygens (including phenoxy) is 1. The third kappa shape index (κ3) is 4.90. The second-order valence-electron chi connectivity index (χ2n) is 5.86. The zero-order valence-electron chi connectivity index (χ0n) is 14.2. The molecule has 1 unspecified atom stereocenters. The topological polar surface area (TPSA) is 92.4 Å². The molecule has 0 fully saturated rings. The molecule has 0 saturated carbocycles. The van der Waals surface area contributed by atoms with E-state index in [1.165, 1.54) is 18.2 Å². The minimum absolute atomic E-state index is 0.00710. The summed E-state index contributed by atoms with van der Waals surface area (Å²) in [6.07, 6.45) is -2.16. The van der Waals surface area contributed by atoms with Crippen LogP contribution in [-0.2, 0) is 4.79 Å². The number of carbonyl (C=O) groups excluding carboxylic acids is 2. The molecule has 0 spiro atoms. The lowest BCUT2D eigenvalue weighted by molar-refractivity contribution is -0.117. The maximum atomic E-state index is 12.2. The summed E-state index contributed by atoms with van der Waals surface area (Å²) in [5.74, 6) is -0.245. The highest BCUT2D eigenvalue weighted by atomic mass is 19.3. The average molecular weight is 376 g/mol. The molecule has 7 nitrogen and oxygen atoms in total. The molecule has 27 heavy (non-hydrogen) atoms. The quantitative estimate of drug-likeness (QED) is 0.693. The lowest BCUT2D eigenvalue weighted by Crippen LogP contribution is -2.31. The number of amides is 3. The summed E-state index contributed by atoms with van der Waals surface area (Å²) in [5.41, 5.74) is 1.71. The number of halogens is 2. The van der Waals surface area contributed by atoms with Crippen LogP contribution in [0.2, 0.25) is 0 Å². The number of alkyl halides is 2. The van der Waals surface area contributed by atoms with E-state index in [-0.39, 0.29) is 30.1 Å². The Kier molecular flexibility index (Phi) is 5.80. The molecule has 1 aliphatic heterocycles. The Morgan fingerprint density at radius 3 is 2.85 bits per heavy atom. The van der Waals surface area contributed by atoms with Gasteiger partial charge in [-0.05, 0) is 24.1 Å². The smallest absolute Gasteiger partial charge is 0.320 e. The fourth-order valence-corrected chi connectivity index (χ4v) is 2.77. The molecule has 0 bridgehead atoms. The van der Waals surface area contributed by atoms with Crippen molar-refractivity contribution in [3.8, 4) is 5.88 Å². The number of fused-ring (bicyclic) bond motifs is 1. The van der Waals surface area contributed by atoms with Crippen molar-refractivity contribution in [2.24, 2.45) is 0 Å². The van der Waals surface area contributed by atoms with Gasteiger partial charge >= 0.3 is 6.03 Å². The molecule has 142 valence electrons. The lowest BCUT2D eigenvalue weighted by Gasteiger charge is -2.11. The Hall–Kier alpha value is -3.23. The number of hydrogen-bond acceptors (Lipinski definition) is 4. The van der Waals surface area contributed by atoms with Gasteiger partial charge in [-0.1, -0.05) is 24.3 Å². The van der Waals surface area contributed by atoms with Crippen molar-refractivity contribution in [2.75, 3.05) is 23.8 Å². The first kappa shape index (κ1) is 18.6. The number of pyridine rings is 1. The Balaban J connectivity index is 1.48. The largest absolute Gasteiger partial charge is 0.472 e. The Labute approximate surface area is 154 Å². The van der Waals surface area contributed by atoms with Crippen LogP contribution in [0.15, 0.2) is 42.5 Å². The molecule has 1 aromatic carbocycles. The molecule has 9 heteroatoms. The van der Waals surface area contributed by atoms with Crippen LogP contribution in [-0.4, -0.2) is 36.5 Å². The van der Waals surface area contributed by atoms with Crippen molar-refractivity contribution in [2.45, 2.75) is 18.8 Å². The zero-order valence-corrected chi connectivity index (χ0v) is 14.2. The van der Waals surface area contributed by atoms with Crippen LogP contribution in [0.5, 0.6) is 5.88 Å². The van der Waals surface area contributed by atoms with Gasteiger partial charge in [-0.15, -0.1) is 0 Å². The molecular formula is C18H18F2N4O3. The van der Waals surface area contributed by atoms with Gasteiger partial charge in [-0.25, -0.2) is 13.6 Å². The molecule has 3 rings (SSSR count). The summed E-state index contributed by atoms with van der Waals surface area (Å²) in [6.45, 7) is -0.493. The van der Waals surface area contributed by atoms with E-state index in [4.69, 9.17) is 4.74 Å². The first-order chi connectivity index (χ1) is 13.0. The van der Waals surface area contributed by atoms with Crippen LogP contribution in [0.4, 0.5) is 25.1 Å². The highest BCUT2D eigenvalue weighted by Crippen LogP contribution is 2.33. The van der Waals surface area contributed by atoms with E-state index < -0.39 is 19.1 Å². The van der Waals surface area contributed by atoms with Crippen molar-refractivity contribution in [3.05, 3.63) is 48.0 Å². The van der Waals surface area contributed by atoms with Gasteiger partial charge in [0.05, 0.1) is 5.92 Å². The van der Waals surface area contributed by atoms with Crippen LogP contribution in [0, 0.1) is 0 Å². The third-order valence-electron chi connectivity index (χ3n) is 3.95. The minimum Gasteiger partial charge on any atom is -0.472 e. The number of hydrogen-bond donors (Lipinski definition) is 3. The van der Waals surface area contributed by atoms with Gasteiger partial charge in [0.25, 0.3) is 6.43 Å². The summed E-state index contributed by atoms with van der Waals surface area (Å²) in [4.78, 5) is 27.9. The molecule has 1 aliphatic rings. The van der Waals surface area contributed by atoms with Gasteiger partial charge in [0.1, 0.15) is 5.82 Å². The number of benzene rings is 1. The molecular weight excluding hydrogens is 358 g/mol. The molecule has 0 radical (unpaired) electrons. The number of nitrogens with zero attached hydrogens (tertiary/aromatic N) is 1. The van der Waals surface area contributed by atoms with Crippen molar-refractivity contribution >= 4 is 23.4 Å². The molecule has 2 aromatic rings. The molecule has 0 aliphatic carbocycles. The number of rotatable bonds is 7. The van der Waals surface area contributed by atoms with E-state index in [0.717, 1.165) is 11.3 Å². The lowest BCUT2D eigenvalue weighted by atomic mass is 9.97. The predicted octanol–water partition coefficient (Wildman–Crippen LogP) is 2.97. The van der Waals surface area contributed by atoms with Crippen LogP contribution in [0.1, 0.15) is 17.9 Å². The summed E-state index contributed by atoms with van der Waals surface area (Å²) in [5, 5.41) is 7.95. The van der Waals surface area contributed by atoms with E-state index in [1.54, 1.807) is 0 Å². The number of anilines is 2. The molecule has 0 saturated heterocycles. The van der Waals surface area contributed by atoms with Crippen molar-refractivity contribution in [1.82, 2.24) is 10.3 Å². The second kappa shape index (κ2) is 8.43. The van der Waals surface area contributed by atoms with E-state index in [0.29, 0.717) is 6.42 Å². The highest BCUT2D eigenvalue weighted by Gasteiger charge is 2.29. The van der Waals surface area contributed by atoms with Crippen molar-refractivity contribution in [3.63, 3.8) is 0 Å². The van der Waals surface area contributed by atoms with Gasteiger partial charge in [0.15, 0.2) is 6.61 Å². The van der Waals surface area contributed by atoms with Gasteiger partial charge < -0.3 is 15.4 Å². The minimum atomic E-state index is -2.61. The maximum Gasteiger partial charge on any atom is 0.320 e. The highest BCUT2D eigenvalue weighted by molar-refractivity contribution is 6.02. The SMILES string of the molecule is O=C(NCCC1C(=O)Nc2ccccc21)Nc1cccc(OCC(F)F)n1. The van der Waals surface area contributed by atoms with Gasteiger partial charge in [-0.3, -0.25) is 10.1 Å². The zero-order chi connectivity index (χ0) is 19.2. The molecule has 3 amide bonds. The summed E-state index contributed by atoms with van der Waals surface area (Å²) in [6, 6.07) is 11.4. The normalized spacial score (nSPS) is 15.2. The molecule has 1 aromatic heterocycles.